The first-order valence-electron chi connectivity index (χ1n) is 12.1. The summed E-state index contributed by atoms with van der Waals surface area (Å²) in [4.78, 5) is 53.3. The van der Waals surface area contributed by atoms with Crippen LogP contribution in [0.15, 0.2) is 24.3 Å². The van der Waals surface area contributed by atoms with Crippen molar-refractivity contribution >= 4 is 23.7 Å². The van der Waals surface area contributed by atoms with Gasteiger partial charge in [-0.15, -0.1) is 0 Å². The Morgan fingerprint density at radius 1 is 1.06 bits per heavy atom. The lowest BCUT2D eigenvalue weighted by Crippen LogP contribution is -2.51. The number of hydrogen-bond donors (Lipinski definition) is 1. The molecule has 34 heavy (non-hydrogen) atoms. The summed E-state index contributed by atoms with van der Waals surface area (Å²) in [7, 11) is 1.61. The van der Waals surface area contributed by atoms with Crippen molar-refractivity contribution in [2.75, 3.05) is 33.4 Å². The van der Waals surface area contributed by atoms with Crippen LogP contribution in [-0.4, -0.2) is 72.9 Å². The van der Waals surface area contributed by atoms with Gasteiger partial charge >= 0.3 is 5.97 Å². The van der Waals surface area contributed by atoms with Crippen LogP contribution in [0.4, 0.5) is 0 Å². The third-order valence-electron chi connectivity index (χ3n) is 6.48. The summed E-state index contributed by atoms with van der Waals surface area (Å²) in [5, 5.41) is 2.98. The molecule has 2 aliphatic heterocycles. The Kier molecular flexibility index (Phi) is 9.30. The molecule has 3 amide bonds. The molecule has 0 unspecified atom stereocenters. The van der Waals surface area contributed by atoms with Crippen LogP contribution in [0.1, 0.15) is 51.0 Å². The van der Waals surface area contributed by atoms with Gasteiger partial charge in [0, 0.05) is 38.5 Å². The molecule has 1 atom stereocenters. The maximum atomic E-state index is 13.1. The minimum absolute atomic E-state index is 0.00782. The van der Waals surface area contributed by atoms with Gasteiger partial charge in [0.1, 0.15) is 11.8 Å². The summed E-state index contributed by atoms with van der Waals surface area (Å²) in [6.07, 6.45) is 2.67. The molecule has 2 aliphatic rings. The lowest BCUT2D eigenvalue weighted by Gasteiger charge is -2.35. The SMILES string of the molecule is CCOC(=O)CCC(=O)N1CCC[C@H]1C(=O)N1CCC(C(=O)NCc2cccc(OC)c2)CC1. The highest BCUT2D eigenvalue weighted by Gasteiger charge is 2.38. The second-order valence-corrected chi connectivity index (χ2v) is 8.72. The van der Waals surface area contributed by atoms with E-state index < -0.39 is 12.0 Å². The third-order valence-corrected chi connectivity index (χ3v) is 6.48. The molecule has 0 bridgehead atoms. The predicted octanol–water partition coefficient (Wildman–Crippen LogP) is 1.88. The molecule has 2 fully saturated rings. The Morgan fingerprint density at radius 2 is 1.82 bits per heavy atom. The smallest absolute Gasteiger partial charge is 0.306 e. The number of rotatable bonds is 9. The fourth-order valence-corrected chi connectivity index (χ4v) is 4.60. The molecule has 2 heterocycles. The Hall–Kier alpha value is -3.10. The molecule has 0 saturated carbocycles. The number of methoxy groups -OCH3 is 1. The standard InChI is InChI=1S/C25H35N3O6/c1-3-34-23(30)10-9-22(29)28-13-5-8-21(28)25(32)27-14-11-19(12-15-27)24(31)26-17-18-6-4-7-20(16-18)33-2/h4,6-7,16,19,21H,3,5,8-15,17H2,1-2H3,(H,26,31)/t21-/m0/s1. The number of likely N-dealkylation sites (tertiary alicyclic amines) is 2. The van der Waals surface area contributed by atoms with Crippen molar-refractivity contribution in [3.63, 3.8) is 0 Å². The van der Waals surface area contributed by atoms with Crippen LogP contribution in [0.3, 0.4) is 0 Å². The molecule has 0 aliphatic carbocycles. The summed E-state index contributed by atoms with van der Waals surface area (Å²) < 4.78 is 10.1. The first-order chi connectivity index (χ1) is 16.4. The first-order valence-corrected chi connectivity index (χ1v) is 12.1. The quantitative estimate of drug-likeness (QED) is 0.549. The van der Waals surface area contributed by atoms with Gasteiger partial charge in [-0.3, -0.25) is 19.2 Å². The summed E-state index contributed by atoms with van der Waals surface area (Å²) in [6.45, 7) is 3.96. The average Bonchev–Trinajstić information content (AvgIpc) is 3.36. The molecule has 0 aromatic heterocycles. The second-order valence-electron chi connectivity index (χ2n) is 8.72. The number of esters is 1. The Labute approximate surface area is 200 Å². The second kappa shape index (κ2) is 12.4. The number of benzene rings is 1. The zero-order valence-corrected chi connectivity index (χ0v) is 20.1. The van der Waals surface area contributed by atoms with Crippen LogP contribution in [0, 0.1) is 5.92 Å². The van der Waals surface area contributed by atoms with Crippen LogP contribution >= 0.6 is 0 Å². The van der Waals surface area contributed by atoms with Gasteiger partial charge in [0.15, 0.2) is 0 Å². The zero-order chi connectivity index (χ0) is 24.5. The molecule has 0 spiro atoms. The number of carbonyl (C=O) groups excluding carboxylic acids is 4. The van der Waals surface area contributed by atoms with Crippen LogP contribution < -0.4 is 10.1 Å². The van der Waals surface area contributed by atoms with Gasteiger partial charge in [-0.1, -0.05) is 12.1 Å². The largest absolute Gasteiger partial charge is 0.497 e. The minimum Gasteiger partial charge on any atom is -0.497 e. The zero-order valence-electron chi connectivity index (χ0n) is 20.1. The summed E-state index contributed by atoms with van der Waals surface area (Å²) >= 11 is 0. The first kappa shape index (κ1) is 25.5. The van der Waals surface area contributed by atoms with Gasteiger partial charge < -0.3 is 24.6 Å². The van der Waals surface area contributed by atoms with Crippen LogP contribution in [-0.2, 0) is 30.5 Å². The van der Waals surface area contributed by atoms with Gasteiger partial charge in [0.05, 0.1) is 20.1 Å². The van der Waals surface area contributed by atoms with E-state index >= 15 is 0 Å². The van der Waals surface area contributed by atoms with E-state index in [4.69, 9.17) is 9.47 Å². The summed E-state index contributed by atoms with van der Waals surface area (Å²) in [6, 6.07) is 7.10. The fourth-order valence-electron chi connectivity index (χ4n) is 4.60. The predicted molar refractivity (Wildman–Crippen MR) is 125 cm³/mol. The molecule has 0 radical (unpaired) electrons. The number of nitrogens with zero attached hydrogens (tertiary/aromatic N) is 2. The highest BCUT2D eigenvalue weighted by molar-refractivity contribution is 5.89. The number of hydrogen-bond acceptors (Lipinski definition) is 6. The maximum absolute atomic E-state index is 13.1. The van der Waals surface area contributed by atoms with E-state index in [9.17, 15) is 19.2 Å². The van der Waals surface area contributed by atoms with E-state index in [0.29, 0.717) is 45.4 Å². The van der Waals surface area contributed by atoms with Crippen molar-refractivity contribution in [2.45, 2.75) is 58.0 Å². The van der Waals surface area contributed by atoms with Crippen molar-refractivity contribution in [1.29, 1.82) is 0 Å². The molecule has 2 saturated heterocycles. The Balaban J connectivity index is 1.45. The van der Waals surface area contributed by atoms with Crippen LogP contribution in [0.5, 0.6) is 5.75 Å². The highest BCUT2D eigenvalue weighted by Crippen LogP contribution is 2.24. The molecule has 1 aromatic carbocycles. The van der Waals surface area contributed by atoms with Crippen molar-refractivity contribution in [3.05, 3.63) is 29.8 Å². The topological polar surface area (TPSA) is 105 Å². The van der Waals surface area contributed by atoms with Crippen molar-refractivity contribution in [2.24, 2.45) is 5.92 Å². The van der Waals surface area contributed by atoms with Crippen molar-refractivity contribution < 1.29 is 28.7 Å². The normalized spacial score (nSPS) is 18.5. The molecule has 3 rings (SSSR count). The molecule has 1 aromatic rings. The fraction of sp³-hybridized carbons (Fsp3) is 0.600. The minimum atomic E-state index is -0.479. The van der Waals surface area contributed by atoms with E-state index in [1.54, 1.807) is 23.8 Å². The van der Waals surface area contributed by atoms with Crippen molar-refractivity contribution in [3.8, 4) is 5.75 Å². The maximum Gasteiger partial charge on any atom is 0.306 e. The summed E-state index contributed by atoms with van der Waals surface area (Å²) in [5.74, 6) is -0.0383. The van der Waals surface area contributed by atoms with Gasteiger partial charge in [-0.05, 0) is 50.3 Å². The number of ether oxygens (including phenoxy) is 2. The van der Waals surface area contributed by atoms with E-state index in [2.05, 4.69) is 5.32 Å². The van der Waals surface area contributed by atoms with Gasteiger partial charge in [-0.2, -0.15) is 0 Å². The Bertz CT molecular complexity index is 881. The number of amides is 3. The van der Waals surface area contributed by atoms with E-state index in [1.165, 1.54) is 0 Å². The number of carbonyl (C=O) groups is 4. The number of piperidine rings is 1. The number of nitrogens with one attached hydrogen (secondary N) is 1. The molecular formula is C25H35N3O6. The summed E-state index contributed by atoms with van der Waals surface area (Å²) in [5.41, 5.74) is 0.967. The molecule has 186 valence electrons. The monoisotopic (exact) mass is 473 g/mol. The molecule has 9 heteroatoms. The lowest BCUT2D eigenvalue weighted by molar-refractivity contribution is -0.148. The molecule has 9 nitrogen and oxygen atoms in total. The van der Waals surface area contributed by atoms with Gasteiger partial charge in [0.25, 0.3) is 0 Å². The molecular weight excluding hydrogens is 438 g/mol. The van der Waals surface area contributed by atoms with Gasteiger partial charge in [-0.25, -0.2) is 0 Å². The van der Waals surface area contributed by atoms with Crippen LogP contribution in [0.2, 0.25) is 0 Å². The average molecular weight is 474 g/mol. The van der Waals surface area contributed by atoms with Gasteiger partial charge in [0.2, 0.25) is 17.7 Å². The van der Waals surface area contributed by atoms with E-state index in [-0.39, 0.29) is 43.1 Å². The van der Waals surface area contributed by atoms with Crippen molar-refractivity contribution in [1.82, 2.24) is 15.1 Å². The third kappa shape index (κ3) is 6.71. The lowest BCUT2D eigenvalue weighted by atomic mass is 9.95. The van der Waals surface area contributed by atoms with Crippen LogP contribution in [0.25, 0.3) is 0 Å². The van der Waals surface area contributed by atoms with E-state index in [0.717, 1.165) is 17.7 Å². The molecule has 1 N–H and O–H groups in total. The highest BCUT2D eigenvalue weighted by atomic mass is 16.5. The Morgan fingerprint density at radius 3 is 2.53 bits per heavy atom. The van der Waals surface area contributed by atoms with E-state index in [1.807, 2.05) is 24.3 Å².